The van der Waals surface area contributed by atoms with Crippen LogP contribution in [-0.2, 0) is 32.1 Å². The zero-order chi connectivity index (χ0) is 25.5. The number of carbonyl (C=O) groups excluding carboxylic acids is 3. The number of hydrogen-bond acceptors (Lipinski definition) is 5. The summed E-state index contributed by atoms with van der Waals surface area (Å²) in [4.78, 5) is 40.9. The van der Waals surface area contributed by atoms with Crippen molar-refractivity contribution in [3.8, 4) is 0 Å². The van der Waals surface area contributed by atoms with Crippen molar-refractivity contribution >= 4 is 17.6 Å². The molecule has 188 valence electrons. The lowest BCUT2D eigenvalue weighted by Crippen LogP contribution is -2.60. The van der Waals surface area contributed by atoms with Crippen molar-refractivity contribution in [3.63, 3.8) is 0 Å². The van der Waals surface area contributed by atoms with Gasteiger partial charge in [0.1, 0.15) is 11.8 Å². The quantitative estimate of drug-likeness (QED) is 0.546. The number of nitrogens with two attached hydrogens (primary N) is 1. The van der Waals surface area contributed by atoms with E-state index in [2.05, 4.69) is 5.32 Å². The van der Waals surface area contributed by atoms with E-state index in [-0.39, 0.29) is 18.3 Å². The lowest BCUT2D eigenvalue weighted by molar-refractivity contribution is -0.145. The van der Waals surface area contributed by atoms with Crippen LogP contribution >= 0.6 is 0 Å². The van der Waals surface area contributed by atoms with Gasteiger partial charge in [0.2, 0.25) is 11.8 Å². The molecule has 3 N–H and O–H groups in total. The SMILES string of the molecule is CC(=O)[C@@]1(Cc2ccccc2)CCCN(C(=O)[C@@H](COCc2ccccc2)NC(=O)C(C)(C)N)C1. The number of nitrogens with one attached hydrogen (secondary N) is 1. The van der Waals surface area contributed by atoms with E-state index in [4.69, 9.17) is 10.5 Å². The third-order valence-electron chi connectivity index (χ3n) is 6.61. The maximum atomic E-state index is 13.6. The molecular weight excluding hydrogens is 442 g/mol. The molecule has 0 unspecified atom stereocenters. The van der Waals surface area contributed by atoms with Crippen LogP contribution in [0.2, 0.25) is 0 Å². The highest BCUT2D eigenvalue weighted by atomic mass is 16.5. The summed E-state index contributed by atoms with van der Waals surface area (Å²) in [5, 5.41) is 2.78. The highest BCUT2D eigenvalue weighted by molar-refractivity contribution is 5.92. The first-order valence-electron chi connectivity index (χ1n) is 12.2. The number of rotatable bonds is 10. The minimum absolute atomic E-state index is 0.0117. The Morgan fingerprint density at radius 3 is 2.23 bits per heavy atom. The van der Waals surface area contributed by atoms with Crippen LogP contribution in [-0.4, -0.2) is 53.8 Å². The normalized spacial score (nSPS) is 19.1. The molecule has 0 saturated carbocycles. The van der Waals surface area contributed by atoms with Crippen LogP contribution in [0.3, 0.4) is 0 Å². The third-order valence-corrected chi connectivity index (χ3v) is 6.61. The lowest BCUT2D eigenvalue weighted by Gasteiger charge is -2.42. The molecule has 1 aliphatic rings. The maximum Gasteiger partial charge on any atom is 0.247 e. The van der Waals surface area contributed by atoms with Crippen molar-refractivity contribution < 1.29 is 19.1 Å². The molecule has 1 aliphatic heterocycles. The molecular formula is C28H37N3O4. The van der Waals surface area contributed by atoms with Gasteiger partial charge < -0.3 is 20.7 Å². The second-order valence-corrected chi connectivity index (χ2v) is 10.1. The van der Waals surface area contributed by atoms with E-state index in [1.807, 2.05) is 60.7 Å². The van der Waals surface area contributed by atoms with Gasteiger partial charge in [0.05, 0.1) is 24.2 Å². The monoisotopic (exact) mass is 479 g/mol. The molecule has 1 heterocycles. The summed E-state index contributed by atoms with van der Waals surface area (Å²) < 4.78 is 5.83. The average molecular weight is 480 g/mol. The Kier molecular flexibility index (Phi) is 8.81. The minimum atomic E-state index is -1.14. The standard InChI is InChI=1S/C28H37N3O4/c1-21(32)28(17-22-11-6-4-7-12-22)15-10-16-31(20-28)25(33)24(30-26(34)27(2,3)29)19-35-18-23-13-8-5-9-14-23/h4-9,11-14,24H,10,15-20,29H2,1-3H3,(H,30,34)/t24-,28-/m1/s1. The summed E-state index contributed by atoms with van der Waals surface area (Å²) in [6.07, 6.45) is 2.01. The zero-order valence-electron chi connectivity index (χ0n) is 21.0. The molecule has 0 bridgehead atoms. The Morgan fingerprint density at radius 1 is 1.06 bits per heavy atom. The number of piperidine rings is 1. The second-order valence-electron chi connectivity index (χ2n) is 10.1. The predicted octanol–water partition coefficient (Wildman–Crippen LogP) is 2.87. The summed E-state index contributed by atoms with van der Waals surface area (Å²) in [5.41, 5.74) is 6.22. The molecule has 7 heteroatoms. The summed E-state index contributed by atoms with van der Waals surface area (Å²) in [6.45, 7) is 5.96. The van der Waals surface area contributed by atoms with Crippen LogP contribution in [0.1, 0.15) is 44.7 Å². The largest absolute Gasteiger partial charge is 0.374 e. The van der Waals surface area contributed by atoms with Gasteiger partial charge >= 0.3 is 0 Å². The fourth-order valence-corrected chi connectivity index (χ4v) is 4.47. The molecule has 1 saturated heterocycles. The number of nitrogens with zero attached hydrogens (tertiary/aromatic N) is 1. The molecule has 3 rings (SSSR count). The Labute approximate surface area is 208 Å². The van der Waals surface area contributed by atoms with Gasteiger partial charge in [0.25, 0.3) is 0 Å². The molecule has 2 aromatic carbocycles. The molecule has 0 aromatic heterocycles. The first kappa shape index (κ1) is 26.6. The molecule has 35 heavy (non-hydrogen) atoms. The first-order chi connectivity index (χ1) is 16.6. The smallest absolute Gasteiger partial charge is 0.247 e. The first-order valence-corrected chi connectivity index (χ1v) is 12.2. The van der Waals surface area contributed by atoms with E-state index in [0.29, 0.717) is 32.5 Å². The van der Waals surface area contributed by atoms with E-state index < -0.39 is 22.9 Å². The van der Waals surface area contributed by atoms with Crippen LogP contribution in [0.4, 0.5) is 0 Å². The topological polar surface area (TPSA) is 102 Å². The van der Waals surface area contributed by atoms with Gasteiger partial charge in [-0.25, -0.2) is 0 Å². The lowest BCUT2D eigenvalue weighted by atomic mass is 9.72. The zero-order valence-corrected chi connectivity index (χ0v) is 21.0. The number of carbonyl (C=O) groups is 3. The average Bonchev–Trinajstić information content (AvgIpc) is 2.83. The number of hydrogen-bond donors (Lipinski definition) is 2. The van der Waals surface area contributed by atoms with Gasteiger partial charge in [-0.05, 0) is 51.2 Å². The number of ketones is 1. The van der Waals surface area contributed by atoms with E-state index in [9.17, 15) is 14.4 Å². The molecule has 1 fully saturated rings. The van der Waals surface area contributed by atoms with Crippen LogP contribution in [0.5, 0.6) is 0 Å². The maximum absolute atomic E-state index is 13.6. The molecule has 7 nitrogen and oxygen atoms in total. The van der Waals surface area contributed by atoms with Gasteiger partial charge in [-0.15, -0.1) is 0 Å². The van der Waals surface area contributed by atoms with E-state index in [1.165, 1.54) is 0 Å². The van der Waals surface area contributed by atoms with Crippen molar-refractivity contribution in [1.29, 1.82) is 0 Å². The second kappa shape index (κ2) is 11.6. The molecule has 0 radical (unpaired) electrons. The Bertz CT molecular complexity index is 1000. The Balaban J connectivity index is 1.76. The van der Waals surface area contributed by atoms with Crippen LogP contribution in [0.15, 0.2) is 60.7 Å². The summed E-state index contributed by atoms with van der Waals surface area (Å²) >= 11 is 0. The predicted molar refractivity (Wildman–Crippen MR) is 135 cm³/mol. The number of likely N-dealkylation sites (tertiary alicyclic amines) is 1. The summed E-state index contributed by atoms with van der Waals surface area (Å²) in [5.74, 6) is -0.616. The van der Waals surface area contributed by atoms with Crippen molar-refractivity contribution in [2.45, 2.75) is 58.2 Å². The van der Waals surface area contributed by atoms with Gasteiger partial charge in [0.15, 0.2) is 0 Å². The van der Waals surface area contributed by atoms with Crippen molar-refractivity contribution in [2.24, 2.45) is 11.1 Å². The molecule has 2 aromatic rings. The minimum Gasteiger partial charge on any atom is -0.374 e. The Hall–Kier alpha value is -3.03. The highest BCUT2D eigenvalue weighted by Crippen LogP contribution is 2.35. The van der Waals surface area contributed by atoms with E-state index >= 15 is 0 Å². The highest BCUT2D eigenvalue weighted by Gasteiger charge is 2.42. The van der Waals surface area contributed by atoms with E-state index in [1.54, 1.807) is 25.7 Å². The van der Waals surface area contributed by atoms with Gasteiger partial charge in [-0.3, -0.25) is 14.4 Å². The third kappa shape index (κ3) is 7.23. The van der Waals surface area contributed by atoms with Gasteiger partial charge in [-0.2, -0.15) is 0 Å². The van der Waals surface area contributed by atoms with Crippen LogP contribution in [0.25, 0.3) is 0 Å². The molecule has 2 atom stereocenters. The van der Waals surface area contributed by atoms with Gasteiger partial charge in [0, 0.05) is 13.1 Å². The van der Waals surface area contributed by atoms with E-state index in [0.717, 1.165) is 17.5 Å². The fraction of sp³-hybridized carbons (Fsp3) is 0.464. The number of ether oxygens (including phenoxy) is 1. The van der Waals surface area contributed by atoms with Crippen molar-refractivity contribution in [3.05, 3.63) is 71.8 Å². The molecule has 0 spiro atoms. The summed E-state index contributed by atoms with van der Waals surface area (Å²) in [7, 11) is 0. The van der Waals surface area contributed by atoms with Crippen LogP contribution in [0, 0.1) is 5.41 Å². The van der Waals surface area contributed by atoms with Crippen molar-refractivity contribution in [2.75, 3.05) is 19.7 Å². The number of Topliss-reactive ketones (excluding diaryl/α,β-unsaturated/α-hetero) is 1. The summed E-state index contributed by atoms with van der Waals surface area (Å²) in [6, 6.07) is 18.6. The number of benzene rings is 2. The van der Waals surface area contributed by atoms with Crippen LogP contribution < -0.4 is 11.1 Å². The Morgan fingerprint density at radius 2 is 1.66 bits per heavy atom. The van der Waals surface area contributed by atoms with Crippen molar-refractivity contribution in [1.82, 2.24) is 10.2 Å². The molecule has 2 amide bonds. The number of amides is 2. The fourth-order valence-electron chi connectivity index (χ4n) is 4.47. The van der Waals surface area contributed by atoms with Gasteiger partial charge in [-0.1, -0.05) is 60.7 Å². The molecule has 0 aliphatic carbocycles.